The minimum Gasteiger partial charge on any atom is -0.398 e. The fourth-order valence-corrected chi connectivity index (χ4v) is 3.16. The van der Waals surface area contributed by atoms with E-state index in [1.165, 1.54) is 0 Å². The molecule has 0 fully saturated rings. The molecule has 100 valence electrons. The highest BCUT2D eigenvalue weighted by Gasteiger charge is 2.20. The van der Waals surface area contributed by atoms with Gasteiger partial charge in [0.15, 0.2) is 0 Å². The molecule has 0 aliphatic rings. The molecule has 1 aromatic rings. The van der Waals surface area contributed by atoms with Gasteiger partial charge in [-0.2, -0.15) is 0 Å². The van der Waals surface area contributed by atoms with Gasteiger partial charge in [-0.15, -0.1) is 0 Å². The fraction of sp³-hybridized carbons (Fsp3) is 0.364. The molecule has 18 heavy (non-hydrogen) atoms. The van der Waals surface area contributed by atoms with Crippen LogP contribution in [0.2, 0.25) is 0 Å². The van der Waals surface area contributed by atoms with Crippen molar-refractivity contribution in [1.82, 2.24) is 4.72 Å². The van der Waals surface area contributed by atoms with Crippen LogP contribution in [0.4, 0.5) is 5.69 Å². The number of carbonyl (C=O) groups excluding carboxylic acids is 1. The highest BCUT2D eigenvalue weighted by molar-refractivity contribution is 7.89. The van der Waals surface area contributed by atoms with Gasteiger partial charge in [-0.3, -0.25) is 4.79 Å². The van der Waals surface area contributed by atoms with Crippen LogP contribution in [0.1, 0.15) is 17.5 Å². The summed E-state index contributed by atoms with van der Waals surface area (Å²) < 4.78 is 26.5. The molecule has 1 amide bonds. The molecule has 0 aliphatic heterocycles. The number of nitrogens with one attached hydrogen (secondary N) is 1. The molecule has 0 bridgehead atoms. The Hall–Kier alpha value is -1.60. The van der Waals surface area contributed by atoms with E-state index < -0.39 is 15.9 Å². The number of anilines is 1. The first kappa shape index (κ1) is 14.5. The summed E-state index contributed by atoms with van der Waals surface area (Å²) in [5, 5.41) is 0. The molecule has 5 N–H and O–H groups in total. The van der Waals surface area contributed by atoms with Gasteiger partial charge >= 0.3 is 0 Å². The van der Waals surface area contributed by atoms with E-state index in [4.69, 9.17) is 11.5 Å². The SMILES string of the molecule is Cc1ccc(N)c(C)c1S(=O)(=O)NCCC(N)=O. The topological polar surface area (TPSA) is 115 Å². The van der Waals surface area contributed by atoms with E-state index in [2.05, 4.69) is 4.72 Å². The molecule has 0 radical (unpaired) electrons. The molecule has 0 atom stereocenters. The van der Waals surface area contributed by atoms with E-state index in [0.29, 0.717) is 16.8 Å². The Morgan fingerprint density at radius 2 is 1.94 bits per heavy atom. The number of sulfonamides is 1. The smallest absolute Gasteiger partial charge is 0.241 e. The molecule has 7 heteroatoms. The summed E-state index contributed by atoms with van der Waals surface area (Å²) in [4.78, 5) is 10.7. The summed E-state index contributed by atoms with van der Waals surface area (Å²) in [5.41, 5.74) is 12.2. The van der Waals surface area contributed by atoms with E-state index in [9.17, 15) is 13.2 Å². The third-order valence-corrected chi connectivity index (χ3v) is 4.33. The number of primary amides is 1. The molecule has 0 unspecified atom stereocenters. The number of nitrogen functional groups attached to an aromatic ring is 1. The highest BCUT2D eigenvalue weighted by atomic mass is 32.2. The van der Waals surface area contributed by atoms with Gasteiger partial charge in [-0.1, -0.05) is 6.07 Å². The Kier molecular flexibility index (Phi) is 4.31. The van der Waals surface area contributed by atoms with E-state index in [0.717, 1.165) is 0 Å². The maximum atomic E-state index is 12.1. The highest BCUT2D eigenvalue weighted by Crippen LogP contribution is 2.24. The molecule has 6 nitrogen and oxygen atoms in total. The van der Waals surface area contributed by atoms with Crippen molar-refractivity contribution in [2.75, 3.05) is 12.3 Å². The number of benzene rings is 1. The van der Waals surface area contributed by atoms with Crippen LogP contribution in [-0.4, -0.2) is 20.9 Å². The third-order valence-electron chi connectivity index (χ3n) is 2.58. The first-order valence-electron chi connectivity index (χ1n) is 5.39. The number of hydrogen-bond acceptors (Lipinski definition) is 4. The lowest BCUT2D eigenvalue weighted by Gasteiger charge is -2.13. The second-order valence-corrected chi connectivity index (χ2v) is 5.74. The monoisotopic (exact) mass is 271 g/mol. The van der Waals surface area contributed by atoms with Gasteiger partial charge in [0, 0.05) is 18.7 Å². The van der Waals surface area contributed by atoms with Crippen LogP contribution in [0, 0.1) is 13.8 Å². The lowest BCUT2D eigenvalue weighted by atomic mass is 10.1. The summed E-state index contributed by atoms with van der Waals surface area (Å²) in [6.45, 7) is 3.31. The minimum atomic E-state index is -3.68. The third kappa shape index (κ3) is 3.21. The predicted octanol–water partition coefficient (Wildman–Crippen LogP) is 0.0393. The molecule has 1 rings (SSSR count). The van der Waals surface area contributed by atoms with Crippen LogP contribution < -0.4 is 16.2 Å². The largest absolute Gasteiger partial charge is 0.398 e. The number of nitrogens with two attached hydrogens (primary N) is 2. The molecule has 0 saturated heterocycles. The molecular formula is C11H17N3O3S. The predicted molar refractivity (Wildman–Crippen MR) is 69.3 cm³/mol. The second-order valence-electron chi connectivity index (χ2n) is 4.04. The van der Waals surface area contributed by atoms with Gasteiger partial charge in [0.1, 0.15) is 0 Å². The van der Waals surface area contributed by atoms with Gasteiger partial charge in [-0.25, -0.2) is 13.1 Å². The minimum absolute atomic E-state index is 0.0225. The number of carbonyl (C=O) groups is 1. The molecular weight excluding hydrogens is 254 g/mol. The van der Waals surface area contributed by atoms with Crippen LogP contribution >= 0.6 is 0 Å². The zero-order valence-electron chi connectivity index (χ0n) is 10.4. The molecule has 0 spiro atoms. The van der Waals surface area contributed by atoms with Crippen molar-refractivity contribution in [2.45, 2.75) is 25.2 Å². The van der Waals surface area contributed by atoms with E-state index in [-0.39, 0.29) is 17.9 Å². The van der Waals surface area contributed by atoms with Crippen molar-refractivity contribution in [3.05, 3.63) is 23.3 Å². The summed E-state index contributed by atoms with van der Waals surface area (Å²) in [5.74, 6) is -0.557. The number of aryl methyl sites for hydroxylation is 1. The van der Waals surface area contributed by atoms with Gasteiger partial charge < -0.3 is 11.5 Å². The van der Waals surface area contributed by atoms with Crippen molar-refractivity contribution in [3.63, 3.8) is 0 Å². The second kappa shape index (κ2) is 5.36. The van der Waals surface area contributed by atoms with Crippen molar-refractivity contribution in [1.29, 1.82) is 0 Å². The lowest BCUT2D eigenvalue weighted by Crippen LogP contribution is -2.29. The van der Waals surface area contributed by atoms with Crippen LogP contribution in [0.5, 0.6) is 0 Å². The maximum Gasteiger partial charge on any atom is 0.241 e. The Bertz CT molecular complexity index is 567. The number of amides is 1. The maximum absolute atomic E-state index is 12.1. The average molecular weight is 271 g/mol. The quantitative estimate of drug-likeness (QED) is 0.656. The zero-order chi connectivity index (χ0) is 13.9. The normalized spacial score (nSPS) is 11.4. The van der Waals surface area contributed by atoms with Crippen molar-refractivity contribution in [3.8, 4) is 0 Å². The van der Waals surface area contributed by atoms with Gasteiger partial charge in [0.05, 0.1) is 4.90 Å². The number of rotatable bonds is 5. The van der Waals surface area contributed by atoms with Crippen LogP contribution in [0.3, 0.4) is 0 Å². The van der Waals surface area contributed by atoms with Crippen molar-refractivity contribution >= 4 is 21.6 Å². The standard InChI is InChI=1S/C11H17N3O3S/c1-7-3-4-9(12)8(2)11(7)18(16,17)14-6-5-10(13)15/h3-4,14H,5-6,12H2,1-2H3,(H2,13,15). The van der Waals surface area contributed by atoms with E-state index in [1.54, 1.807) is 26.0 Å². The Morgan fingerprint density at radius 1 is 1.33 bits per heavy atom. The van der Waals surface area contributed by atoms with Crippen molar-refractivity contribution in [2.24, 2.45) is 5.73 Å². The molecule has 0 aromatic heterocycles. The lowest BCUT2D eigenvalue weighted by molar-refractivity contribution is -0.117. The molecule has 0 heterocycles. The summed E-state index contributed by atoms with van der Waals surface area (Å²) in [6.07, 6.45) is -0.0420. The zero-order valence-corrected chi connectivity index (χ0v) is 11.2. The van der Waals surface area contributed by atoms with Crippen LogP contribution in [0.15, 0.2) is 17.0 Å². The Labute approximate surface area is 106 Å². The van der Waals surface area contributed by atoms with Gasteiger partial charge in [0.2, 0.25) is 15.9 Å². The van der Waals surface area contributed by atoms with E-state index in [1.807, 2.05) is 0 Å². The Balaban J connectivity index is 3.05. The molecule has 1 aromatic carbocycles. The summed E-state index contributed by atoms with van der Waals surface area (Å²) >= 11 is 0. The summed E-state index contributed by atoms with van der Waals surface area (Å²) in [6, 6.07) is 3.30. The molecule has 0 saturated carbocycles. The Morgan fingerprint density at radius 3 is 2.50 bits per heavy atom. The fourth-order valence-electron chi connectivity index (χ4n) is 1.64. The summed E-state index contributed by atoms with van der Waals surface area (Å²) in [7, 11) is -3.68. The average Bonchev–Trinajstić information content (AvgIpc) is 2.23. The van der Waals surface area contributed by atoms with Gasteiger partial charge in [0.25, 0.3) is 0 Å². The van der Waals surface area contributed by atoms with Gasteiger partial charge in [-0.05, 0) is 31.0 Å². The number of hydrogen-bond donors (Lipinski definition) is 3. The van der Waals surface area contributed by atoms with Crippen LogP contribution in [0.25, 0.3) is 0 Å². The first-order chi connectivity index (χ1) is 8.25. The molecule has 0 aliphatic carbocycles. The first-order valence-corrected chi connectivity index (χ1v) is 6.87. The van der Waals surface area contributed by atoms with Crippen molar-refractivity contribution < 1.29 is 13.2 Å². The van der Waals surface area contributed by atoms with Crippen LogP contribution in [-0.2, 0) is 14.8 Å². The van der Waals surface area contributed by atoms with E-state index >= 15 is 0 Å².